The van der Waals surface area contributed by atoms with Crippen molar-refractivity contribution in [3.63, 3.8) is 0 Å². The maximum absolute atomic E-state index is 5.52. The third-order valence-corrected chi connectivity index (χ3v) is 2.68. The third-order valence-electron chi connectivity index (χ3n) is 2.68. The van der Waals surface area contributed by atoms with Gasteiger partial charge in [0.15, 0.2) is 0 Å². The average molecular weight is 247 g/mol. The van der Waals surface area contributed by atoms with E-state index in [0.29, 0.717) is 18.4 Å². The molecule has 1 aromatic carbocycles. The fraction of sp³-hybridized carbons (Fsp3) is 0.357. The van der Waals surface area contributed by atoms with Crippen LogP contribution in [0.1, 0.15) is 18.1 Å². The SMILES string of the molecule is CCOc1cnc(-c2cc(C)c(OC)c(C)c2)o1. The van der Waals surface area contributed by atoms with Crippen molar-refractivity contribution in [1.29, 1.82) is 0 Å². The minimum Gasteiger partial charge on any atom is -0.496 e. The van der Waals surface area contributed by atoms with Crippen molar-refractivity contribution < 1.29 is 13.9 Å². The van der Waals surface area contributed by atoms with Crippen molar-refractivity contribution in [3.8, 4) is 23.1 Å². The molecule has 0 atom stereocenters. The van der Waals surface area contributed by atoms with Crippen molar-refractivity contribution in [2.45, 2.75) is 20.8 Å². The van der Waals surface area contributed by atoms with E-state index in [0.717, 1.165) is 22.4 Å². The van der Waals surface area contributed by atoms with Crippen molar-refractivity contribution in [2.24, 2.45) is 0 Å². The van der Waals surface area contributed by atoms with Crippen LogP contribution in [0.5, 0.6) is 11.7 Å². The highest BCUT2D eigenvalue weighted by Crippen LogP contribution is 2.30. The van der Waals surface area contributed by atoms with Crippen molar-refractivity contribution in [1.82, 2.24) is 4.98 Å². The highest BCUT2D eigenvalue weighted by molar-refractivity contribution is 5.60. The molecular formula is C14H17NO3. The van der Waals surface area contributed by atoms with Crippen LogP contribution >= 0.6 is 0 Å². The highest BCUT2D eigenvalue weighted by atomic mass is 16.6. The smallest absolute Gasteiger partial charge is 0.305 e. The van der Waals surface area contributed by atoms with Crippen LogP contribution < -0.4 is 9.47 Å². The van der Waals surface area contributed by atoms with Crippen LogP contribution in [-0.2, 0) is 0 Å². The lowest BCUT2D eigenvalue weighted by molar-refractivity contribution is 0.260. The lowest BCUT2D eigenvalue weighted by atomic mass is 10.1. The molecule has 1 heterocycles. The van der Waals surface area contributed by atoms with Gasteiger partial charge in [0.1, 0.15) is 11.9 Å². The zero-order chi connectivity index (χ0) is 13.1. The maximum atomic E-state index is 5.52. The topological polar surface area (TPSA) is 44.5 Å². The maximum Gasteiger partial charge on any atom is 0.305 e. The number of nitrogens with zero attached hydrogens (tertiary/aromatic N) is 1. The number of methoxy groups -OCH3 is 1. The Bertz CT molecular complexity index is 523. The van der Waals surface area contributed by atoms with Crippen LogP contribution in [0.4, 0.5) is 0 Å². The van der Waals surface area contributed by atoms with Gasteiger partial charge in [-0.1, -0.05) is 0 Å². The van der Waals surface area contributed by atoms with Gasteiger partial charge in [-0.15, -0.1) is 0 Å². The molecule has 4 nitrogen and oxygen atoms in total. The van der Waals surface area contributed by atoms with Gasteiger partial charge < -0.3 is 13.9 Å². The van der Waals surface area contributed by atoms with Gasteiger partial charge in [0.05, 0.1) is 13.7 Å². The molecule has 0 bridgehead atoms. The van der Waals surface area contributed by atoms with Crippen LogP contribution in [0, 0.1) is 13.8 Å². The molecular weight excluding hydrogens is 230 g/mol. The monoisotopic (exact) mass is 247 g/mol. The molecule has 96 valence electrons. The van der Waals surface area contributed by atoms with E-state index in [1.807, 2.05) is 32.9 Å². The fourth-order valence-electron chi connectivity index (χ4n) is 2.00. The summed E-state index contributed by atoms with van der Waals surface area (Å²) < 4.78 is 16.1. The Kier molecular flexibility index (Phi) is 3.55. The van der Waals surface area contributed by atoms with E-state index in [2.05, 4.69) is 4.98 Å². The molecule has 0 N–H and O–H groups in total. The van der Waals surface area contributed by atoms with Gasteiger partial charge in [0.25, 0.3) is 0 Å². The Labute approximate surface area is 107 Å². The number of ether oxygens (including phenoxy) is 2. The molecule has 0 saturated carbocycles. The predicted molar refractivity (Wildman–Crippen MR) is 69.1 cm³/mol. The zero-order valence-electron chi connectivity index (χ0n) is 11.1. The minimum absolute atomic E-state index is 0.443. The van der Waals surface area contributed by atoms with E-state index in [9.17, 15) is 0 Å². The molecule has 0 fully saturated rings. The highest BCUT2D eigenvalue weighted by Gasteiger charge is 2.11. The Morgan fingerprint density at radius 2 is 1.89 bits per heavy atom. The number of benzene rings is 1. The average Bonchev–Trinajstić information content (AvgIpc) is 2.78. The minimum atomic E-state index is 0.443. The summed E-state index contributed by atoms with van der Waals surface area (Å²) in [4.78, 5) is 4.21. The molecule has 0 aliphatic carbocycles. The largest absolute Gasteiger partial charge is 0.496 e. The van der Waals surface area contributed by atoms with Gasteiger partial charge >= 0.3 is 5.95 Å². The van der Waals surface area contributed by atoms with Crippen LogP contribution in [0.2, 0.25) is 0 Å². The first kappa shape index (κ1) is 12.5. The van der Waals surface area contributed by atoms with Crippen molar-refractivity contribution in [2.75, 3.05) is 13.7 Å². The number of hydrogen-bond acceptors (Lipinski definition) is 4. The molecule has 1 aromatic heterocycles. The van der Waals surface area contributed by atoms with E-state index in [4.69, 9.17) is 13.9 Å². The standard InChI is InChI=1S/C14H17NO3/c1-5-17-12-8-15-14(18-12)11-6-9(2)13(16-4)10(3)7-11/h6-8H,5H2,1-4H3. The molecule has 2 aromatic rings. The summed E-state index contributed by atoms with van der Waals surface area (Å²) >= 11 is 0. The van der Waals surface area contributed by atoms with Crippen molar-refractivity contribution >= 4 is 0 Å². The molecule has 0 radical (unpaired) electrons. The summed E-state index contributed by atoms with van der Waals surface area (Å²) in [7, 11) is 1.67. The molecule has 18 heavy (non-hydrogen) atoms. The summed E-state index contributed by atoms with van der Waals surface area (Å²) in [5.41, 5.74) is 3.05. The van der Waals surface area contributed by atoms with E-state index < -0.39 is 0 Å². The number of rotatable bonds is 4. The van der Waals surface area contributed by atoms with Gasteiger partial charge in [-0.25, -0.2) is 4.98 Å². The summed E-state index contributed by atoms with van der Waals surface area (Å²) in [6.45, 7) is 6.47. The summed E-state index contributed by atoms with van der Waals surface area (Å²) in [5.74, 6) is 1.90. The molecule has 0 spiro atoms. The molecule has 4 heteroatoms. The molecule has 0 unspecified atom stereocenters. The van der Waals surface area contributed by atoms with E-state index >= 15 is 0 Å². The van der Waals surface area contributed by atoms with Crippen LogP contribution in [0.3, 0.4) is 0 Å². The van der Waals surface area contributed by atoms with E-state index in [-0.39, 0.29) is 0 Å². The van der Waals surface area contributed by atoms with Gasteiger partial charge in [-0.2, -0.15) is 0 Å². The number of aromatic nitrogens is 1. The Morgan fingerprint density at radius 3 is 2.44 bits per heavy atom. The second kappa shape index (κ2) is 5.12. The van der Waals surface area contributed by atoms with Crippen LogP contribution in [0.25, 0.3) is 11.5 Å². The summed E-state index contributed by atoms with van der Waals surface area (Å²) in [5, 5.41) is 0. The number of hydrogen-bond donors (Lipinski definition) is 0. The molecule has 0 amide bonds. The molecule has 0 aliphatic heterocycles. The van der Waals surface area contributed by atoms with Crippen molar-refractivity contribution in [3.05, 3.63) is 29.5 Å². The molecule has 0 aliphatic rings. The Hall–Kier alpha value is -1.97. The van der Waals surface area contributed by atoms with Gasteiger partial charge in [0.2, 0.25) is 5.89 Å². The first-order valence-corrected chi connectivity index (χ1v) is 5.90. The number of aryl methyl sites for hydroxylation is 2. The normalized spacial score (nSPS) is 10.4. The lowest BCUT2D eigenvalue weighted by Crippen LogP contribution is -1.92. The summed E-state index contributed by atoms with van der Waals surface area (Å²) in [6, 6.07) is 3.99. The van der Waals surface area contributed by atoms with E-state index in [1.165, 1.54) is 0 Å². The Morgan fingerprint density at radius 1 is 1.22 bits per heavy atom. The lowest BCUT2D eigenvalue weighted by Gasteiger charge is -2.09. The quantitative estimate of drug-likeness (QED) is 0.831. The second-order valence-corrected chi connectivity index (χ2v) is 4.06. The number of oxazole rings is 1. The molecule has 0 saturated heterocycles. The summed E-state index contributed by atoms with van der Waals surface area (Å²) in [6.07, 6.45) is 1.59. The zero-order valence-corrected chi connectivity index (χ0v) is 11.1. The van der Waals surface area contributed by atoms with Crippen LogP contribution in [0.15, 0.2) is 22.7 Å². The first-order valence-electron chi connectivity index (χ1n) is 5.90. The molecule has 2 rings (SSSR count). The second-order valence-electron chi connectivity index (χ2n) is 4.06. The van der Waals surface area contributed by atoms with Gasteiger partial charge in [0, 0.05) is 5.56 Å². The van der Waals surface area contributed by atoms with Gasteiger partial charge in [-0.05, 0) is 44.0 Å². The first-order chi connectivity index (χ1) is 8.65. The van der Waals surface area contributed by atoms with E-state index in [1.54, 1.807) is 13.3 Å². The Balaban J connectivity index is 2.38. The predicted octanol–water partition coefficient (Wildman–Crippen LogP) is 3.37. The van der Waals surface area contributed by atoms with Crippen LogP contribution in [-0.4, -0.2) is 18.7 Å². The third kappa shape index (κ3) is 2.32. The fourth-order valence-corrected chi connectivity index (χ4v) is 2.00. The van der Waals surface area contributed by atoms with Gasteiger partial charge in [-0.3, -0.25) is 0 Å².